The van der Waals surface area contributed by atoms with E-state index in [0.717, 1.165) is 16.6 Å². The zero-order valence-electron chi connectivity index (χ0n) is 11.9. The Kier molecular flexibility index (Phi) is 3.20. The van der Waals surface area contributed by atoms with Crippen molar-refractivity contribution in [2.24, 2.45) is 29.1 Å². The van der Waals surface area contributed by atoms with Gasteiger partial charge in [0.1, 0.15) is 0 Å². The molecule has 1 heterocycles. The van der Waals surface area contributed by atoms with Gasteiger partial charge in [-0.3, -0.25) is 9.59 Å². The number of carbonyl (C=O) groups excluding carboxylic acids is 2. The highest BCUT2D eigenvalue weighted by Gasteiger charge is 2.70. The first kappa shape index (κ1) is 14.4. The quantitative estimate of drug-likeness (QED) is 0.644. The maximum atomic E-state index is 12.8. The van der Waals surface area contributed by atoms with Gasteiger partial charge in [-0.25, -0.2) is 4.98 Å². The lowest BCUT2D eigenvalue weighted by atomic mass is 9.82. The summed E-state index contributed by atoms with van der Waals surface area (Å²) in [6.07, 6.45) is 8.08. The molecular formula is C15H15BrN2O3S. The minimum Gasteiger partial charge on any atom is -0.469 e. The Balaban J connectivity index is 1.62. The normalized spacial score (nSPS) is 33.2. The number of aromatic nitrogens is 1. The first-order valence-corrected chi connectivity index (χ1v) is 8.86. The highest BCUT2D eigenvalue weighted by molar-refractivity contribution is 9.11. The van der Waals surface area contributed by atoms with Crippen LogP contribution < -0.4 is 5.32 Å². The minimum absolute atomic E-state index is 0.125. The standard InChI is InChI=1S/C15H15BrN2O3S/c1-21-13(20)11-8-3-2-7(15(8)4-5-15)10(11)12(19)18-14-17-6-9(16)22-14/h2-3,6-8,10-11H,4-5H2,1H3,(H,17,18,19)/t7-,8+,10+,11+/m0/s1. The van der Waals surface area contributed by atoms with E-state index in [4.69, 9.17) is 4.74 Å². The van der Waals surface area contributed by atoms with E-state index < -0.39 is 0 Å². The van der Waals surface area contributed by atoms with Gasteiger partial charge < -0.3 is 10.1 Å². The summed E-state index contributed by atoms with van der Waals surface area (Å²) < 4.78 is 5.83. The van der Waals surface area contributed by atoms with E-state index in [1.807, 2.05) is 0 Å². The summed E-state index contributed by atoms with van der Waals surface area (Å²) in [6, 6.07) is 0. The summed E-state index contributed by atoms with van der Waals surface area (Å²) in [4.78, 5) is 29.1. The molecule has 1 amide bonds. The van der Waals surface area contributed by atoms with Crippen molar-refractivity contribution < 1.29 is 14.3 Å². The molecular weight excluding hydrogens is 368 g/mol. The molecule has 4 atom stereocenters. The van der Waals surface area contributed by atoms with E-state index >= 15 is 0 Å². The number of hydrogen-bond donors (Lipinski definition) is 1. The number of halogens is 1. The molecule has 22 heavy (non-hydrogen) atoms. The number of ether oxygens (including phenoxy) is 1. The monoisotopic (exact) mass is 382 g/mol. The van der Waals surface area contributed by atoms with Crippen LogP contribution in [0, 0.1) is 29.1 Å². The van der Waals surface area contributed by atoms with Gasteiger partial charge in [-0.05, 0) is 46.0 Å². The SMILES string of the molecule is COC(=O)[C@H]1[C@H](C(=O)Nc2ncc(Br)s2)[C@@H]2C=C[C@H]1C21CC1. The van der Waals surface area contributed by atoms with Crippen LogP contribution in [0.4, 0.5) is 5.13 Å². The summed E-state index contributed by atoms with van der Waals surface area (Å²) in [5.41, 5.74) is 0.129. The number of methoxy groups -OCH3 is 1. The van der Waals surface area contributed by atoms with Gasteiger partial charge in [0.25, 0.3) is 0 Å². The van der Waals surface area contributed by atoms with Crippen LogP contribution in [0.5, 0.6) is 0 Å². The largest absolute Gasteiger partial charge is 0.469 e. The molecule has 3 aliphatic carbocycles. The molecule has 2 bridgehead atoms. The number of amides is 1. The predicted molar refractivity (Wildman–Crippen MR) is 85.2 cm³/mol. The second-order valence-corrected chi connectivity index (χ2v) is 8.61. The molecule has 5 nitrogen and oxygen atoms in total. The van der Waals surface area contributed by atoms with E-state index in [-0.39, 0.29) is 41.0 Å². The topological polar surface area (TPSA) is 68.3 Å². The number of thiazole rings is 1. The van der Waals surface area contributed by atoms with Crippen molar-refractivity contribution in [3.8, 4) is 0 Å². The Morgan fingerprint density at radius 3 is 2.59 bits per heavy atom. The van der Waals surface area contributed by atoms with Crippen molar-refractivity contribution in [2.45, 2.75) is 12.8 Å². The van der Waals surface area contributed by atoms with Crippen molar-refractivity contribution in [1.29, 1.82) is 0 Å². The van der Waals surface area contributed by atoms with Gasteiger partial charge in [-0.2, -0.15) is 0 Å². The molecule has 1 spiro atoms. The van der Waals surface area contributed by atoms with Crippen LogP contribution in [0.25, 0.3) is 0 Å². The van der Waals surface area contributed by atoms with Crippen LogP contribution in [0.3, 0.4) is 0 Å². The zero-order valence-corrected chi connectivity index (χ0v) is 14.3. The number of carbonyl (C=O) groups is 2. The molecule has 0 aromatic carbocycles. The highest BCUT2D eigenvalue weighted by Crippen LogP contribution is 2.72. The Morgan fingerprint density at radius 2 is 2.05 bits per heavy atom. The molecule has 1 N–H and O–H groups in total. The van der Waals surface area contributed by atoms with E-state index in [1.165, 1.54) is 18.4 Å². The van der Waals surface area contributed by atoms with Gasteiger partial charge in [-0.1, -0.05) is 23.5 Å². The van der Waals surface area contributed by atoms with Gasteiger partial charge in [0.15, 0.2) is 5.13 Å². The fourth-order valence-electron chi connectivity index (χ4n) is 4.31. The lowest BCUT2D eigenvalue weighted by Crippen LogP contribution is -2.37. The molecule has 2 fully saturated rings. The maximum absolute atomic E-state index is 12.8. The molecule has 2 saturated carbocycles. The summed E-state index contributed by atoms with van der Waals surface area (Å²) in [5.74, 6) is -0.837. The lowest BCUT2D eigenvalue weighted by molar-refractivity contribution is -0.150. The van der Waals surface area contributed by atoms with E-state index in [2.05, 4.69) is 38.4 Å². The zero-order chi connectivity index (χ0) is 15.5. The number of rotatable bonds is 3. The molecule has 1 aromatic rings. The fraction of sp³-hybridized carbons (Fsp3) is 0.533. The number of nitrogens with one attached hydrogen (secondary N) is 1. The maximum Gasteiger partial charge on any atom is 0.310 e. The van der Waals surface area contributed by atoms with Crippen LogP contribution in [-0.4, -0.2) is 24.0 Å². The smallest absolute Gasteiger partial charge is 0.310 e. The van der Waals surface area contributed by atoms with Crippen LogP contribution in [0.1, 0.15) is 12.8 Å². The lowest BCUT2D eigenvalue weighted by Gasteiger charge is -2.24. The van der Waals surface area contributed by atoms with Crippen molar-refractivity contribution in [2.75, 3.05) is 12.4 Å². The van der Waals surface area contributed by atoms with Gasteiger partial charge in [0.2, 0.25) is 5.91 Å². The Labute approximate surface area is 140 Å². The van der Waals surface area contributed by atoms with Gasteiger partial charge in [0, 0.05) is 0 Å². The second-order valence-electron chi connectivity index (χ2n) is 6.20. The average molecular weight is 383 g/mol. The third-order valence-electron chi connectivity index (χ3n) is 5.33. The van der Waals surface area contributed by atoms with Crippen LogP contribution in [0.2, 0.25) is 0 Å². The number of hydrogen-bond acceptors (Lipinski definition) is 5. The summed E-state index contributed by atoms with van der Waals surface area (Å²) >= 11 is 4.70. The van der Waals surface area contributed by atoms with Crippen LogP contribution >= 0.6 is 27.3 Å². The molecule has 0 unspecified atom stereocenters. The van der Waals surface area contributed by atoms with E-state index in [9.17, 15) is 9.59 Å². The third kappa shape index (κ3) is 1.91. The average Bonchev–Trinajstić information content (AvgIpc) is 3.00. The van der Waals surface area contributed by atoms with E-state index in [1.54, 1.807) is 6.20 Å². The molecule has 7 heteroatoms. The van der Waals surface area contributed by atoms with Crippen molar-refractivity contribution in [1.82, 2.24) is 4.98 Å². The predicted octanol–water partition coefficient (Wildman–Crippen LogP) is 2.85. The van der Waals surface area contributed by atoms with Crippen LogP contribution in [0.15, 0.2) is 22.1 Å². The van der Waals surface area contributed by atoms with Crippen molar-refractivity contribution in [3.63, 3.8) is 0 Å². The van der Waals surface area contributed by atoms with Gasteiger partial charge in [-0.15, -0.1) is 0 Å². The molecule has 0 radical (unpaired) electrons. The number of anilines is 1. The summed E-state index contributed by atoms with van der Waals surface area (Å²) in [6.45, 7) is 0. The molecule has 3 aliphatic rings. The third-order valence-corrected chi connectivity index (χ3v) is 6.72. The van der Waals surface area contributed by atoms with E-state index in [0.29, 0.717) is 5.13 Å². The number of nitrogens with zero attached hydrogens (tertiary/aromatic N) is 1. The van der Waals surface area contributed by atoms with Crippen LogP contribution in [-0.2, 0) is 14.3 Å². The molecule has 4 rings (SSSR count). The Hall–Kier alpha value is -1.21. The first-order chi connectivity index (χ1) is 10.6. The highest BCUT2D eigenvalue weighted by atomic mass is 79.9. The fourth-order valence-corrected chi connectivity index (χ4v) is 5.42. The minimum atomic E-state index is -0.370. The summed E-state index contributed by atoms with van der Waals surface area (Å²) in [5, 5.41) is 3.41. The number of esters is 1. The van der Waals surface area contributed by atoms with Gasteiger partial charge in [0.05, 0.1) is 28.9 Å². The first-order valence-electron chi connectivity index (χ1n) is 7.25. The number of allylic oxidation sites excluding steroid dienone is 2. The molecule has 0 saturated heterocycles. The van der Waals surface area contributed by atoms with Gasteiger partial charge >= 0.3 is 5.97 Å². The molecule has 116 valence electrons. The Morgan fingerprint density at radius 1 is 1.36 bits per heavy atom. The van der Waals surface area contributed by atoms with Crippen molar-refractivity contribution >= 4 is 44.3 Å². The van der Waals surface area contributed by atoms with Crippen molar-refractivity contribution in [3.05, 3.63) is 22.1 Å². The molecule has 1 aromatic heterocycles. The summed E-state index contributed by atoms with van der Waals surface area (Å²) in [7, 11) is 1.39. The second kappa shape index (κ2) is 4.89. The molecule has 0 aliphatic heterocycles. The Bertz CT molecular complexity index is 682.